The van der Waals surface area contributed by atoms with Crippen LogP contribution in [-0.4, -0.2) is 10.8 Å². The van der Waals surface area contributed by atoms with E-state index < -0.39 is 0 Å². The van der Waals surface area contributed by atoms with Crippen molar-refractivity contribution in [1.82, 2.24) is 4.98 Å². The van der Waals surface area contributed by atoms with Crippen molar-refractivity contribution in [2.45, 2.75) is 26.2 Å². The van der Waals surface area contributed by atoms with Crippen molar-refractivity contribution in [3.63, 3.8) is 0 Å². The lowest BCUT2D eigenvalue weighted by Crippen LogP contribution is -2.14. The molecule has 0 N–H and O–H groups in total. The Morgan fingerprint density at radius 1 is 1.54 bits per heavy atom. The molecule has 0 unspecified atom stereocenters. The van der Waals surface area contributed by atoms with Crippen molar-refractivity contribution in [3.8, 4) is 0 Å². The quantitative estimate of drug-likeness (QED) is 0.703. The van der Waals surface area contributed by atoms with Crippen LogP contribution in [-0.2, 0) is 11.2 Å². The molecule has 0 aliphatic heterocycles. The molecular formula is C11H13NO. The van der Waals surface area contributed by atoms with E-state index in [1.165, 1.54) is 0 Å². The minimum absolute atomic E-state index is 0.0163. The predicted octanol–water partition coefficient (Wildman–Crippen LogP) is 1.99. The highest BCUT2D eigenvalue weighted by Crippen LogP contribution is 2.46. The average Bonchev–Trinajstić information content (AvgIpc) is 2.87. The van der Waals surface area contributed by atoms with Crippen molar-refractivity contribution in [2.24, 2.45) is 5.41 Å². The number of Topliss-reactive ketones (excluding diaryl/α,β-unsaturated/α-hetero) is 1. The topological polar surface area (TPSA) is 30.0 Å². The third kappa shape index (κ3) is 1.77. The zero-order chi connectivity index (χ0) is 9.31. The number of nitrogens with zero attached hydrogens (tertiary/aromatic N) is 1. The van der Waals surface area contributed by atoms with Crippen LogP contribution in [0.5, 0.6) is 0 Å². The van der Waals surface area contributed by atoms with Crippen molar-refractivity contribution in [2.75, 3.05) is 0 Å². The Hall–Kier alpha value is -1.18. The van der Waals surface area contributed by atoms with Crippen molar-refractivity contribution in [3.05, 3.63) is 30.1 Å². The maximum absolute atomic E-state index is 11.7. The minimum Gasteiger partial charge on any atom is -0.299 e. The molecule has 0 spiro atoms. The van der Waals surface area contributed by atoms with Gasteiger partial charge in [0.1, 0.15) is 5.78 Å². The molecule has 1 heterocycles. The average molecular weight is 175 g/mol. The second kappa shape index (κ2) is 2.95. The van der Waals surface area contributed by atoms with Gasteiger partial charge in [-0.2, -0.15) is 0 Å². The first-order chi connectivity index (χ1) is 6.21. The van der Waals surface area contributed by atoms with E-state index in [-0.39, 0.29) is 5.41 Å². The number of aromatic nitrogens is 1. The van der Waals surface area contributed by atoms with Gasteiger partial charge in [-0.3, -0.25) is 9.78 Å². The van der Waals surface area contributed by atoms with E-state index in [1.807, 2.05) is 25.1 Å². The molecule has 0 atom stereocenters. The van der Waals surface area contributed by atoms with Gasteiger partial charge in [-0.25, -0.2) is 0 Å². The largest absolute Gasteiger partial charge is 0.299 e. The number of pyridine rings is 1. The summed E-state index contributed by atoms with van der Waals surface area (Å²) in [6.45, 7) is 2.04. The molecule has 1 aromatic rings. The maximum atomic E-state index is 11.7. The molecule has 0 radical (unpaired) electrons. The van der Waals surface area contributed by atoms with Gasteiger partial charge < -0.3 is 0 Å². The van der Waals surface area contributed by atoms with Gasteiger partial charge in [0.05, 0.1) is 0 Å². The smallest absolute Gasteiger partial charge is 0.144 e. The molecule has 2 heteroatoms. The van der Waals surface area contributed by atoms with Crippen LogP contribution in [0.15, 0.2) is 24.4 Å². The van der Waals surface area contributed by atoms with Crippen molar-refractivity contribution in [1.29, 1.82) is 0 Å². The highest BCUT2D eigenvalue weighted by molar-refractivity contribution is 5.88. The van der Waals surface area contributed by atoms with Crippen LogP contribution in [0.4, 0.5) is 0 Å². The molecule has 1 aliphatic carbocycles. The fourth-order valence-electron chi connectivity index (χ4n) is 1.35. The van der Waals surface area contributed by atoms with E-state index in [9.17, 15) is 4.79 Å². The number of carbonyl (C=O) groups excluding carboxylic acids is 1. The molecule has 2 nitrogen and oxygen atoms in total. The Morgan fingerprint density at radius 3 is 2.85 bits per heavy atom. The van der Waals surface area contributed by atoms with E-state index in [2.05, 4.69) is 4.98 Å². The van der Waals surface area contributed by atoms with Gasteiger partial charge in [0.15, 0.2) is 0 Å². The SMILES string of the molecule is CC1(C(=O)Cc2ccccn2)CC1. The molecular weight excluding hydrogens is 162 g/mol. The fourth-order valence-corrected chi connectivity index (χ4v) is 1.35. The number of ketones is 1. The van der Waals surface area contributed by atoms with Crippen molar-refractivity contribution >= 4 is 5.78 Å². The Bertz CT molecular complexity index is 314. The zero-order valence-corrected chi connectivity index (χ0v) is 7.79. The Morgan fingerprint density at radius 2 is 2.31 bits per heavy atom. The maximum Gasteiger partial charge on any atom is 0.144 e. The molecule has 1 aromatic heterocycles. The third-order valence-electron chi connectivity index (χ3n) is 2.74. The molecule has 2 rings (SSSR count). The first-order valence-electron chi connectivity index (χ1n) is 4.64. The van der Waals surface area contributed by atoms with Gasteiger partial charge in [0, 0.05) is 23.7 Å². The van der Waals surface area contributed by atoms with E-state index in [4.69, 9.17) is 0 Å². The van der Waals surface area contributed by atoms with Crippen LogP contribution in [0.2, 0.25) is 0 Å². The minimum atomic E-state index is -0.0163. The molecule has 1 fully saturated rings. The fraction of sp³-hybridized carbons (Fsp3) is 0.455. The zero-order valence-electron chi connectivity index (χ0n) is 7.79. The summed E-state index contributed by atoms with van der Waals surface area (Å²) < 4.78 is 0. The van der Waals surface area contributed by atoms with E-state index in [0.717, 1.165) is 18.5 Å². The van der Waals surface area contributed by atoms with Gasteiger partial charge in [0.25, 0.3) is 0 Å². The molecule has 0 saturated heterocycles. The molecule has 1 saturated carbocycles. The Balaban J connectivity index is 2.03. The summed E-state index contributed by atoms with van der Waals surface area (Å²) in [7, 11) is 0. The van der Waals surface area contributed by atoms with Gasteiger partial charge in [0.2, 0.25) is 0 Å². The van der Waals surface area contributed by atoms with Gasteiger partial charge in [-0.1, -0.05) is 13.0 Å². The molecule has 68 valence electrons. The third-order valence-corrected chi connectivity index (χ3v) is 2.74. The summed E-state index contributed by atoms with van der Waals surface area (Å²) in [4.78, 5) is 15.8. The number of hydrogen-bond acceptors (Lipinski definition) is 2. The van der Waals surface area contributed by atoms with E-state index in [0.29, 0.717) is 12.2 Å². The summed E-state index contributed by atoms with van der Waals surface area (Å²) in [6.07, 6.45) is 4.34. The lowest BCUT2D eigenvalue weighted by molar-refractivity contribution is -0.122. The van der Waals surface area contributed by atoms with Crippen LogP contribution in [0.25, 0.3) is 0 Å². The summed E-state index contributed by atoms with van der Waals surface area (Å²) in [5, 5.41) is 0. The number of hydrogen-bond donors (Lipinski definition) is 0. The molecule has 0 amide bonds. The van der Waals surface area contributed by atoms with E-state index in [1.54, 1.807) is 6.20 Å². The normalized spacial score (nSPS) is 18.2. The summed E-state index contributed by atoms with van der Waals surface area (Å²) in [6, 6.07) is 5.70. The molecule has 13 heavy (non-hydrogen) atoms. The number of rotatable bonds is 3. The highest BCUT2D eigenvalue weighted by Gasteiger charge is 2.44. The Kier molecular flexibility index (Phi) is 1.91. The predicted molar refractivity (Wildman–Crippen MR) is 50.3 cm³/mol. The monoisotopic (exact) mass is 175 g/mol. The summed E-state index contributed by atoms with van der Waals surface area (Å²) >= 11 is 0. The lowest BCUT2D eigenvalue weighted by Gasteiger charge is -2.05. The van der Waals surface area contributed by atoms with Crippen LogP contribution in [0, 0.1) is 5.41 Å². The van der Waals surface area contributed by atoms with Gasteiger partial charge >= 0.3 is 0 Å². The first kappa shape index (κ1) is 8.42. The highest BCUT2D eigenvalue weighted by atomic mass is 16.1. The van der Waals surface area contributed by atoms with Gasteiger partial charge in [-0.15, -0.1) is 0 Å². The van der Waals surface area contributed by atoms with Crippen LogP contribution < -0.4 is 0 Å². The second-order valence-electron chi connectivity index (χ2n) is 3.98. The lowest BCUT2D eigenvalue weighted by atomic mass is 10.00. The van der Waals surface area contributed by atoms with Crippen LogP contribution >= 0.6 is 0 Å². The van der Waals surface area contributed by atoms with Crippen molar-refractivity contribution < 1.29 is 4.79 Å². The van der Waals surface area contributed by atoms with Gasteiger partial charge in [-0.05, 0) is 25.0 Å². The van der Waals surface area contributed by atoms with Crippen LogP contribution in [0.1, 0.15) is 25.5 Å². The standard InChI is InChI=1S/C11H13NO/c1-11(5-6-11)10(13)8-9-4-2-3-7-12-9/h2-4,7H,5-6,8H2,1H3. The summed E-state index contributed by atoms with van der Waals surface area (Å²) in [5.41, 5.74) is 0.873. The number of carbonyl (C=O) groups is 1. The van der Waals surface area contributed by atoms with Crippen LogP contribution in [0.3, 0.4) is 0 Å². The molecule has 0 bridgehead atoms. The Labute approximate surface area is 78.0 Å². The van der Waals surface area contributed by atoms with E-state index >= 15 is 0 Å². The first-order valence-corrected chi connectivity index (χ1v) is 4.64. The molecule has 1 aliphatic rings. The molecule has 0 aromatic carbocycles. The summed E-state index contributed by atoms with van der Waals surface area (Å²) in [5.74, 6) is 0.339. The second-order valence-corrected chi connectivity index (χ2v) is 3.98.